The van der Waals surface area contributed by atoms with Crippen LogP contribution in [0.15, 0.2) is 47.6 Å². The van der Waals surface area contributed by atoms with E-state index < -0.39 is 11.7 Å². The Bertz CT molecular complexity index is 795. The van der Waals surface area contributed by atoms with Gasteiger partial charge in [-0.3, -0.25) is 0 Å². The monoisotopic (exact) mass is 405 g/mol. The van der Waals surface area contributed by atoms with Crippen LogP contribution in [0.2, 0.25) is 0 Å². The first-order chi connectivity index (χ1) is 14.0. The van der Waals surface area contributed by atoms with Gasteiger partial charge in [0.1, 0.15) is 5.82 Å². The van der Waals surface area contributed by atoms with E-state index >= 15 is 0 Å². The Hall–Kier alpha value is -2.77. The first kappa shape index (κ1) is 21.0. The summed E-state index contributed by atoms with van der Waals surface area (Å²) >= 11 is 0. The molecule has 156 valence electrons. The number of aliphatic imine (C=N–C) groups is 1. The number of rotatable bonds is 6. The van der Waals surface area contributed by atoms with E-state index in [-0.39, 0.29) is 0 Å². The number of alkyl halides is 3. The van der Waals surface area contributed by atoms with Crippen LogP contribution in [0.5, 0.6) is 0 Å². The molecule has 5 nitrogen and oxygen atoms in total. The lowest BCUT2D eigenvalue weighted by Gasteiger charge is -2.16. The number of benzene rings is 1. The van der Waals surface area contributed by atoms with Crippen molar-refractivity contribution in [2.24, 2.45) is 4.99 Å². The van der Waals surface area contributed by atoms with E-state index in [1.807, 2.05) is 25.3 Å². The van der Waals surface area contributed by atoms with Gasteiger partial charge in [-0.1, -0.05) is 18.2 Å². The largest absolute Gasteiger partial charge is 0.416 e. The molecule has 1 fully saturated rings. The van der Waals surface area contributed by atoms with Gasteiger partial charge in [0.25, 0.3) is 0 Å². The van der Waals surface area contributed by atoms with Gasteiger partial charge in [0.2, 0.25) is 0 Å². The van der Waals surface area contributed by atoms with Crippen molar-refractivity contribution in [3.8, 4) is 0 Å². The Morgan fingerprint density at radius 2 is 1.72 bits per heavy atom. The predicted molar refractivity (Wildman–Crippen MR) is 109 cm³/mol. The van der Waals surface area contributed by atoms with Gasteiger partial charge in [-0.05, 0) is 49.1 Å². The Balaban J connectivity index is 1.56. The minimum atomic E-state index is -4.32. The van der Waals surface area contributed by atoms with Crippen molar-refractivity contribution in [1.29, 1.82) is 0 Å². The molecule has 0 saturated carbocycles. The molecule has 1 aromatic carbocycles. The maximum Gasteiger partial charge on any atom is 0.416 e. The van der Waals surface area contributed by atoms with Crippen LogP contribution in [0.1, 0.15) is 36.5 Å². The lowest BCUT2D eigenvalue weighted by atomic mass is 10.1. The molecule has 1 saturated heterocycles. The van der Waals surface area contributed by atoms with Crippen LogP contribution < -0.4 is 15.5 Å². The molecular weight excluding hydrogens is 379 g/mol. The summed E-state index contributed by atoms with van der Waals surface area (Å²) in [6.07, 6.45) is -0.0496. The summed E-state index contributed by atoms with van der Waals surface area (Å²) in [5.74, 6) is 1.61. The number of pyridine rings is 1. The number of anilines is 1. The molecule has 3 rings (SSSR count). The Kier molecular flexibility index (Phi) is 6.95. The second-order valence-corrected chi connectivity index (χ2v) is 6.96. The molecule has 1 aliphatic heterocycles. The smallest absolute Gasteiger partial charge is 0.357 e. The van der Waals surface area contributed by atoms with Crippen molar-refractivity contribution in [3.05, 3.63) is 59.3 Å². The topological polar surface area (TPSA) is 52.6 Å². The molecule has 2 aromatic rings. The Morgan fingerprint density at radius 1 is 1.03 bits per heavy atom. The van der Waals surface area contributed by atoms with Gasteiger partial charge in [-0.2, -0.15) is 13.2 Å². The summed E-state index contributed by atoms with van der Waals surface area (Å²) < 4.78 is 38.0. The van der Waals surface area contributed by atoms with Gasteiger partial charge in [-0.15, -0.1) is 0 Å². The third-order valence-corrected chi connectivity index (χ3v) is 4.74. The molecular formula is C21H26F3N5. The van der Waals surface area contributed by atoms with Crippen molar-refractivity contribution in [3.63, 3.8) is 0 Å². The number of hydrogen-bond acceptors (Lipinski definition) is 3. The first-order valence-corrected chi connectivity index (χ1v) is 9.84. The van der Waals surface area contributed by atoms with Crippen LogP contribution in [0, 0.1) is 0 Å². The summed E-state index contributed by atoms with van der Waals surface area (Å²) in [4.78, 5) is 11.4. The summed E-state index contributed by atoms with van der Waals surface area (Å²) in [5, 5.41) is 6.30. The zero-order valence-electron chi connectivity index (χ0n) is 16.5. The van der Waals surface area contributed by atoms with Crippen LogP contribution in [-0.4, -0.2) is 30.6 Å². The van der Waals surface area contributed by atoms with Gasteiger partial charge in [0.05, 0.1) is 12.1 Å². The van der Waals surface area contributed by atoms with Crippen molar-refractivity contribution >= 4 is 11.8 Å². The zero-order valence-corrected chi connectivity index (χ0v) is 16.5. The normalized spacial score (nSPS) is 14.9. The van der Waals surface area contributed by atoms with Gasteiger partial charge in [0, 0.05) is 32.4 Å². The highest BCUT2D eigenvalue weighted by Crippen LogP contribution is 2.29. The number of hydrogen-bond donors (Lipinski definition) is 2. The Morgan fingerprint density at radius 3 is 2.31 bits per heavy atom. The second-order valence-electron chi connectivity index (χ2n) is 6.96. The van der Waals surface area contributed by atoms with Gasteiger partial charge in [-0.25, -0.2) is 9.98 Å². The SMILES string of the molecule is CCNC(=NCc1ccc(N2CCCC2)nc1)NCc1ccc(C(F)(F)F)cc1. The molecule has 0 aliphatic carbocycles. The molecule has 1 aromatic heterocycles. The van der Waals surface area contributed by atoms with E-state index in [1.54, 1.807) is 0 Å². The van der Waals surface area contributed by atoms with E-state index in [2.05, 4.69) is 25.5 Å². The summed E-state index contributed by atoms with van der Waals surface area (Å²) in [5.41, 5.74) is 1.10. The number of halogens is 3. The fourth-order valence-electron chi connectivity index (χ4n) is 3.15. The molecule has 0 atom stereocenters. The first-order valence-electron chi connectivity index (χ1n) is 9.84. The third kappa shape index (κ3) is 6.10. The molecule has 1 aliphatic rings. The second kappa shape index (κ2) is 9.62. The number of nitrogens with one attached hydrogen (secondary N) is 2. The summed E-state index contributed by atoms with van der Waals surface area (Å²) in [6.45, 7) is 5.62. The van der Waals surface area contributed by atoms with E-state index in [4.69, 9.17) is 0 Å². The standard InChI is InChI=1S/C21H26F3N5/c1-2-25-20(27-13-16-5-8-18(9-6-16)21(22,23)24)28-15-17-7-10-19(26-14-17)29-11-3-4-12-29/h5-10,14H,2-4,11-13,15H2,1H3,(H2,25,27,28). The van der Waals surface area contributed by atoms with Crippen molar-refractivity contribution < 1.29 is 13.2 Å². The quantitative estimate of drug-likeness (QED) is 0.564. The average molecular weight is 405 g/mol. The molecule has 0 unspecified atom stereocenters. The van der Waals surface area contributed by atoms with Crippen LogP contribution >= 0.6 is 0 Å². The lowest BCUT2D eigenvalue weighted by molar-refractivity contribution is -0.137. The molecule has 29 heavy (non-hydrogen) atoms. The van der Waals surface area contributed by atoms with E-state index in [0.29, 0.717) is 25.6 Å². The van der Waals surface area contributed by atoms with E-state index in [1.165, 1.54) is 25.0 Å². The fourth-order valence-corrected chi connectivity index (χ4v) is 3.15. The highest BCUT2D eigenvalue weighted by atomic mass is 19.4. The lowest BCUT2D eigenvalue weighted by Crippen LogP contribution is -2.36. The van der Waals surface area contributed by atoms with Crippen LogP contribution in [0.4, 0.5) is 19.0 Å². The van der Waals surface area contributed by atoms with Crippen molar-refractivity contribution in [2.75, 3.05) is 24.5 Å². The van der Waals surface area contributed by atoms with Crippen LogP contribution in [-0.2, 0) is 19.3 Å². The number of guanidine groups is 1. The summed E-state index contributed by atoms with van der Waals surface area (Å²) in [6, 6.07) is 9.19. The maximum absolute atomic E-state index is 12.7. The molecule has 2 heterocycles. The highest BCUT2D eigenvalue weighted by Gasteiger charge is 2.29. The van der Waals surface area contributed by atoms with Gasteiger partial charge >= 0.3 is 6.18 Å². The van der Waals surface area contributed by atoms with Crippen molar-refractivity contribution in [1.82, 2.24) is 15.6 Å². The molecule has 2 N–H and O–H groups in total. The number of aromatic nitrogens is 1. The Labute approximate surface area is 169 Å². The van der Waals surface area contributed by atoms with Crippen molar-refractivity contribution in [2.45, 2.75) is 39.0 Å². The average Bonchev–Trinajstić information content (AvgIpc) is 3.25. The molecule has 8 heteroatoms. The number of nitrogens with zero attached hydrogens (tertiary/aromatic N) is 3. The predicted octanol–water partition coefficient (Wildman–Crippen LogP) is 3.96. The molecule has 0 spiro atoms. The van der Waals surface area contributed by atoms with Gasteiger partial charge < -0.3 is 15.5 Å². The van der Waals surface area contributed by atoms with Crippen LogP contribution in [0.25, 0.3) is 0 Å². The highest BCUT2D eigenvalue weighted by molar-refractivity contribution is 5.79. The fraction of sp³-hybridized carbons (Fsp3) is 0.429. The van der Waals surface area contributed by atoms with E-state index in [0.717, 1.165) is 42.2 Å². The minimum Gasteiger partial charge on any atom is -0.357 e. The van der Waals surface area contributed by atoms with E-state index in [9.17, 15) is 13.2 Å². The molecule has 0 amide bonds. The van der Waals surface area contributed by atoms with Crippen LogP contribution in [0.3, 0.4) is 0 Å². The maximum atomic E-state index is 12.7. The minimum absolute atomic E-state index is 0.385. The zero-order chi connectivity index (χ0) is 20.7. The third-order valence-electron chi connectivity index (χ3n) is 4.74. The molecule has 0 radical (unpaired) electrons. The summed E-state index contributed by atoms with van der Waals surface area (Å²) in [7, 11) is 0. The molecule has 0 bridgehead atoms. The van der Waals surface area contributed by atoms with Gasteiger partial charge in [0.15, 0.2) is 5.96 Å².